The predicted molar refractivity (Wildman–Crippen MR) is 73.7 cm³/mol. The molecule has 0 bridgehead atoms. The Bertz CT molecular complexity index is 236. The maximum absolute atomic E-state index is 12.2. The van der Waals surface area contributed by atoms with Crippen LogP contribution >= 0.6 is 0 Å². The van der Waals surface area contributed by atoms with Crippen LogP contribution < -0.4 is 5.32 Å². The molecule has 2 amide bonds. The van der Waals surface area contributed by atoms with E-state index in [1.165, 1.54) is 12.8 Å². The fourth-order valence-corrected chi connectivity index (χ4v) is 2.17. The van der Waals surface area contributed by atoms with Gasteiger partial charge in [0.25, 0.3) is 0 Å². The third kappa shape index (κ3) is 5.25. The van der Waals surface area contributed by atoms with Crippen LogP contribution in [0.5, 0.6) is 0 Å². The molecule has 0 spiro atoms. The van der Waals surface area contributed by atoms with E-state index in [4.69, 9.17) is 4.74 Å². The van der Waals surface area contributed by atoms with Crippen molar-refractivity contribution >= 4 is 6.03 Å². The predicted octanol–water partition coefficient (Wildman–Crippen LogP) is 2.63. The van der Waals surface area contributed by atoms with Crippen molar-refractivity contribution in [2.24, 2.45) is 5.92 Å². The number of likely N-dealkylation sites (tertiary alicyclic amines) is 1. The number of rotatable bonds is 5. The minimum atomic E-state index is 0.0790. The number of amides is 2. The highest BCUT2D eigenvalue weighted by molar-refractivity contribution is 5.74. The van der Waals surface area contributed by atoms with E-state index in [9.17, 15) is 4.79 Å². The van der Waals surface area contributed by atoms with E-state index in [1.54, 1.807) is 0 Å². The minimum Gasteiger partial charge on any atom is -0.380 e. The summed E-state index contributed by atoms with van der Waals surface area (Å²) in [6.07, 6.45) is 4.75. The van der Waals surface area contributed by atoms with E-state index in [-0.39, 0.29) is 12.1 Å². The zero-order valence-corrected chi connectivity index (χ0v) is 12.1. The van der Waals surface area contributed by atoms with Crippen LogP contribution in [0.1, 0.15) is 46.5 Å². The first-order chi connectivity index (χ1) is 8.65. The molecule has 1 unspecified atom stereocenters. The Morgan fingerprint density at radius 2 is 1.83 bits per heavy atom. The second kappa shape index (κ2) is 8.35. The van der Waals surface area contributed by atoms with Gasteiger partial charge in [0.15, 0.2) is 0 Å². The fourth-order valence-electron chi connectivity index (χ4n) is 2.17. The maximum Gasteiger partial charge on any atom is 0.317 e. The average Bonchev–Trinajstić information content (AvgIpc) is 2.62. The van der Waals surface area contributed by atoms with Crippen molar-refractivity contribution < 1.29 is 9.53 Å². The summed E-state index contributed by atoms with van der Waals surface area (Å²) in [6, 6.07) is 0.191. The second-order valence-corrected chi connectivity index (χ2v) is 5.36. The molecule has 0 aromatic carbocycles. The van der Waals surface area contributed by atoms with Crippen LogP contribution in [0.2, 0.25) is 0 Å². The van der Waals surface area contributed by atoms with Crippen LogP contribution in [0.3, 0.4) is 0 Å². The zero-order valence-electron chi connectivity index (χ0n) is 12.1. The Hall–Kier alpha value is -0.770. The normalized spacial score (nSPS) is 18.6. The number of hydrogen-bond donors (Lipinski definition) is 1. The molecule has 0 aliphatic carbocycles. The molecule has 1 heterocycles. The molecule has 1 aliphatic rings. The van der Waals surface area contributed by atoms with Crippen molar-refractivity contribution in [1.82, 2.24) is 10.2 Å². The molecule has 0 saturated carbocycles. The number of nitrogens with zero attached hydrogens (tertiary/aromatic N) is 1. The number of nitrogens with one attached hydrogen (secondary N) is 1. The van der Waals surface area contributed by atoms with E-state index in [2.05, 4.69) is 19.2 Å². The quantitative estimate of drug-likeness (QED) is 0.821. The molecule has 1 fully saturated rings. The molecule has 0 radical (unpaired) electrons. The molecule has 18 heavy (non-hydrogen) atoms. The van der Waals surface area contributed by atoms with Crippen molar-refractivity contribution in [3.63, 3.8) is 0 Å². The smallest absolute Gasteiger partial charge is 0.317 e. The van der Waals surface area contributed by atoms with Crippen LogP contribution in [0.25, 0.3) is 0 Å². The van der Waals surface area contributed by atoms with Gasteiger partial charge < -0.3 is 15.0 Å². The first-order valence-electron chi connectivity index (χ1n) is 7.28. The van der Waals surface area contributed by atoms with Crippen molar-refractivity contribution in [1.29, 1.82) is 0 Å². The van der Waals surface area contributed by atoms with E-state index in [0.717, 1.165) is 25.9 Å². The highest BCUT2D eigenvalue weighted by Gasteiger charge is 2.21. The number of urea groups is 1. The first-order valence-corrected chi connectivity index (χ1v) is 7.28. The van der Waals surface area contributed by atoms with Gasteiger partial charge in [-0.2, -0.15) is 0 Å². The summed E-state index contributed by atoms with van der Waals surface area (Å²) in [5.74, 6) is 0.396. The van der Waals surface area contributed by atoms with Gasteiger partial charge >= 0.3 is 6.03 Å². The summed E-state index contributed by atoms with van der Waals surface area (Å²) < 4.78 is 5.44. The SMILES string of the molecule is CCOCC(NC(=O)N1CCCCCC1)C(C)C. The minimum absolute atomic E-state index is 0.0790. The van der Waals surface area contributed by atoms with Crippen molar-refractivity contribution in [3.05, 3.63) is 0 Å². The fraction of sp³-hybridized carbons (Fsp3) is 0.929. The van der Waals surface area contributed by atoms with Crippen LogP contribution in [0.15, 0.2) is 0 Å². The molecule has 4 nitrogen and oxygen atoms in total. The molecular weight excluding hydrogens is 228 g/mol. The molecule has 1 saturated heterocycles. The Labute approximate surface area is 111 Å². The van der Waals surface area contributed by atoms with Gasteiger partial charge in [-0.05, 0) is 25.7 Å². The summed E-state index contributed by atoms with van der Waals surface area (Å²) in [5, 5.41) is 3.11. The Kier molecular flexibility index (Phi) is 7.09. The van der Waals surface area contributed by atoms with E-state index >= 15 is 0 Å². The average molecular weight is 256 g/mol. The summed E-state index contributed by atoms with van der Waals surface area (Å²) in [4.78, 5) is 14.1. The molecule has 1 rings (SSSR count). The van der Waals surface area contributed by atoms with Crippen LogP contribution in [-0.4, -0.2) is 43.3 Å². The van der Waals surface area contributed by atoms with Gasteiger partial charge in [0.1, 0.15) is 0 Å². The molecule has 1 N–H and O–H groups in total. The lowest BCUT2D eigenvalue weighted by Gasteiger charge is -2.27. The monoisotopic (exact) mass is 256 g/mol. The van der Waals surface area contributed by atoms with E-state index in [0.29, 0.717) is 19.1 Å². The zero-order chi connectivity index (χ0) is 13.4. The van der Waals surface area contributed by atoms with Gasteiger partial charge in [-0.1, -0.05) is 26.7 Å². The summed E-state index contributed by atoms with van der Waals surface area (Å²) in [6.45, 7) is 9.31. The van der Waals surface area contributed by atoms with Gasteiger partial charge in [-0.25, -0.2) is 4.79 Å². The maximum atomic E-state index is 12.2. The number of hydrogen-bond acceptors (Lipinski definition) is 2. The van der Waals surface area contributed by atoms with Crippen molar-refractivity contribution in [2.75, 3.05) is 26.3 Å². The molecule has 1 aliphatic heterocycles. The highest BCUT2D eigenvalue weighted by atomic mass is 16.5. The standard InChI is InChI=1S/C14H28N2O2/c1-4-18-11-13(12(2)3)15-14(17)16-9-7-5-6-8-10-16/h12-13H,4-11H2,1-3H3,(H,15,17). The van der Waals surface area contributed by atoms with Crippen molar-refractivity contribution in [2.45, 2.75) is 52.5 Å². The second-order valence-electron chi connectivity index (χ2n) is 5.36. The third-order valence-electron chi connectivity index (χ3n) is 3.51. The summed E-state index contributed by atoms with van der Waals surface area (Å²) in [7, 11) is 0. The van der Waals surface area contributed by atoms with Gasteiger partial charge in [-0.3, -0.25) is 0 Å². The Balaban J connectivity index is 2.43. The first kappa shape index (κ1) is 15.3. The lowest BCUT2D eigenvalue weighted by molar-refractivity contribution is 0.106. The molecule has 4 heteroatoms. The van der Waals surface area contributed by atoms with Gasteiger partial charge in [0.2, 0.25) is 0 Å². The lowest BCUT2D eigenvalue weighted by Crippen LogP contribution is -2.48. The Morgan fingerprint density at radius 3 is 2.33 bits per heavy atom. The van der Waals surface area contributed by atoms with Gasteiger partial charge in [0.05, 0.1) is 12.6 Å². The number of carbonyl (C=O) groups is 1. The molecule has 1 atom stereocenters. The molecule has 0 aromatic rings. The van der Waals surface area contributed by atoms with E-state index < -0.39 is 0 Å². The molecular formula is C14H28N2O2. The largest absolute Gasteiger partial charge is 0.380 e. The number of carbonyl (C=O) groups excluding carboxylic acids is 1. The van der Waals surface area contributed by atoms with Gasteiger partial charge in [0, 0.05) is 19.7 Å². The topological polar surface area (TPSA) is 41.6 Å². The van der Waals surface area contributed by atoms with Crippen LogP contribution in [0.4, 0.5) is 4.79 Å². The summed E-state index contributed by atoms with van der Waals surface area (Å²) >= 11 is 0. The number of ether oxygens (including phenoxy) is 1. The highest BCUT2D eigenvalue weighted by Crippen LogP contribution is 2.10. The molecule has 106 valence electrons. The van der Waals surface area contributed by atoms with Gasteiger partial charge in [-0.15, -0.1) is 0 Å². The Morgan fingerprint density at radius 1 is 1.22 bits per heavy atom. The summed E-state index contributed by atoms with van der Waals surface area (Å²) in [5.41, 5.74) is 0. The van der Waals surface area contributed by atoms with Crippen LogP contribution in [0, 0.1) is 5.92 Å². The lowest BCUT2D eigenvalue weighted by atomic mass is 10.1. The van der Waals surface area contributed by atoms with E-state index in [1.807, 2.05) is 11.8 Å². The molecule has 0 aromatic heterocycles. The van der Waals surface area contributed by atoms with Crippen LogP contribution in [-0.2, 0) is 4.74 Å². The van der Waals surface area contributed by atoms with Crippen molar-refractivity contribution in [3.8, 4) is 0 Å². The third-order valence-corrected chi connectivity index (χ3v) is 3.51.